The van der Waals surface area contributed by atoms with Crippen molar-refractivity contribution in [3.8, 4) is 6.01 Å². The number of rotatable bonds is 11. The Morgan fingerprint density at radius 1 is 0.950 bits per heavy atom. The van der Waals surface area contributed by atoms with Gasteiger partial charge >= 0.3 is 6.01 Å². The second-order valence-electron chi connectivity index (χ2n) is 3.96. The first-order valence-corrected chi connectivity index (χ1v) is 6.58. The van der Waals surface area contributed by atoms with Gasteiger partial charge in [0.25, 0.3) is 0 Å². The Morgan fingerprint density at radius 2 is 1.75 bits per heavy atom. The quantitative estimate of drug-likeness (QED) is 0.576. The van der Waals surface area contributed by atoms with Crippen LogP contribution in [-0.2, 0) is 9.47 Å². The van der Waals surface area contributed by atoms with Crippen LogP contribution in [0, 0.1) is 0 Å². The lowest BCUT2D eigenvalue weighted by Crippen LogP contribution is -2.10. The fraction of sp³-hybridized carbons (Fsp3) is 0.750. The van der Waals surface area contributed by atoms with E-state index in [1.54, 1.807) is 14.2 Å². The maximum Gasteiger partial charge on any atom is 0.322 e. The van der Waals surface area contributed by atoms with E-state index < -0.39 is 0 Å². The molecule has 1 aromatic rings. The van der Waals surface area contributed by atoms with Gasteiger partial charge in [-0.25, -0.2) is 0 Å². The maximum atomic E-state index is 5.38. The molecular formula is C12H23N5O3. The molecule has 0 unspecified atom stereocenters. The number of unbranched alkanes of at least 4 members (excludes halogenated alkanes) is 1. The Kier molecular flexibility index (Phi) is 8.32. The lowest BCUT2D eigenvalue weighted by molar-refractivity contribution is 0.0691. The van der Waals surface area contributed by atoms with Crippen LogP contribution in [0.5, 0.6) is 6.01 Å². The zero-order valence-electron chi connectivity index (χ0n) is 12.3. The molecule has 0 fully saturated rings. The maximum absolute atomic E-state index is 5.38. The largest absolute Gasteiger partial charge is 0.467 e. The Hall–Kier alpha value is -1.67. The number of ether oxygens (including phenoxy) is 3. The van der Waals surface area contributed by atoms with E-state index in [1.165, 1.54) is 7.11 Å². The Balaban J connectivity index is 2.21. The average molecular weight is 285 g/mol. The highest BCUT2D eigenvalue weighted by atomic mass is 16.5. The van der Waals surface area contributed by atoms with Crippen LogP contribution in [0.25, 0.3) is 0 Å². The van der Waals surface area contributed by atoms with Gasteiger partial charge in [-0.05, 0) is 12.8 Å². The van der Waals surface area contributed by atoms with Gasteiger partial charge in [0, 0.05) is 27.3 Å². The van der Waals surface area contributed by atoms with Gasteiger partial charge in [-0.2, -0.15) is 15.0 Å². The fourth-order valence-corrected chi connectivity index (χ4v) is 1.41. The number of nitrogens with zero attached hydrogens (tertiary/aromatic N) is 3. The van der Waals surface area contributed by atoms with Crippen molar-refractivity contribution in [2.24, 2.45) is 0 Å². The second-order valence-corrected chi connectivity index (χ2v) is 3.96. The zero-order valence-corrected chi connectivity index (χ0v) is 12.3. The van der Waals surface area contributed by atoms with E-state index in [0.717, 1.165) is 26.0 Å². The van der Waals surface area contributed by atoms with Crippen LogP contribution in [0.15, 0.2) is 0 Å². The second kappa shape index (κ2) is 10.2. The number of aromatic nitrogens is 3. The lowest BCUT2D eigenvalue weighted by Gasteiger charge is -2.08. The van der Waals surface area contributed by atoms with Gasteiger partial charge in [0.05, 0.1) is 20.3 Å². The summed E-state index contributed by atoms with van der Waals surface area (Å²) in [5, 5.41) is 5.99. The number of methoxy groups -OCH3 is 2. The standard InChI is InChI=1S/C12H23N5O3/c1-13-10-15-11(17-12(16-10)19-3)14-6-4-5-7-20-9-8-18-2/h4-9H2,1-3H3,(H2,13,14,15,16,17). The SMILES string of the molecule is CNc1nc(NCCCCOCCOC)nc(OC)n1. The minimum Gasteiger partial charge on any atom is -0.467 e. The van der Waals surface area contributed by atoms with Crippen molar-refractivity contribution in [2.75, 3.05) is 58.3 Å². The molecule has 0 aromatic carbocycles. The molecule has 20 heavy (non-hydrogen) atoms. The van der Waals surface area contributed by atoms with Crippen LogP contribution >= 0.6 is 0 Å². The predicted octanol–water partition coefficient (Wildman–Crippen LogP) is 0.777. The highest BCUT2D eigenvalue weighted by molar-refractivity contribution is 5.35. The van der Waals surface area contributed by atoms with Crippen LogP contribution < -0.4 is 15.4 Å². The molecule has 1 rings (SSSR count). The van der Waals surface area contributed by atoms with Crippen molar-refractivity contribution in [1.82, 2.24) is 15.0 Å². The van der Waals surface area contributed by atoms with E-state index in [9.17, 15) is 0 Å². The van der Waals surface area contributed by atoms with E-state index >= 15 is 0 Å². The molecule has 2 N–H and O–H groups in total. The van der Waals surface area contributed by atoms with Crippen LogP contribution in [-0.4, -0.2) is 62.6 Å². The third-order valence-electron chi connectivity index (χ3n) is 2.45. The summed E-state index contributed by atoms with van der Waals surface area (Å²) < 4.78 is 15.3. The van der Waals surface area contributed by atoms with Crippen molar-refractivity contribution in [1.29, 1.82) is 0 Å². The molecule has 0 aliphatic carbocycles. The Bertz CT molecular complexity index is 356. The molecular weight excluding hydrogens is 262 g/mol. The summed E-state index contributed by atoms with van der Waals surface area (Å²) in [5.74, 6) is 0.976. The highest BCUT2D eigenvalue weighted by Crippen LogP contribution is 2.10. The minimum absolute atomic E-state index is 0.287. The van der Waals surface area contributed by atoms with Gasteiger partial charge in [0.1, 0.15) is 0 Å². The first-order chi connectivity index (χ1) is 9.80. The van der Waals surface area contributed by atoms with Crippen molar-refractivity contribution in [2.45, 2.75) is 12.8 Å². The molecule has 8 heteroatoms. The van der Waals surface area contributed by atoms with Crippen molar-refractivity contribution in [3.05, 3.63) is 0 Å². The summed E-state index contributed by atoms with van der Waals surface area (Å²) in [4.78, 5) is 12.3. The van der Waals surface area contributed by atoms with Crippen LogP contribution in [0.3, 0.4) is 0 Å². The number of hydrogen-bond donors (Lipinski definition) is 2. The van der Waals surface area contributed by atoms with E-state index in [0.29, 0.717) is 25.1 Å². The van der Waals surface area contributed by atoms with Crippen LogP contribution in [0.4, 0.5) is 11.9 Å². The molecule has 0 atom stereocenters. The smallest absolute Gasteiger partial charge is 0.322 e. The first-order valence-electron chi connectivity index (χ1n) is 6.58. The third kappa shape index (κ3) is 6.48. The summed E-state index contributed by atoms with van der Waals surface area (Å²) in [5.41, 5.74) is 0. The van der Waals surface area contributed by atoms with Crippen LogP contribution in [0.1, 0.15) is 12.8 Å². The van der Waals surface area contributed by atoms with E-state index in [4.69, 9.17) is 14.2 Å². The Labute approximate surface area is 119 Å². The van der Waals surface area contributed by atoms with Gasteiger partial charge < -0.3 is 24.8 Å². The van der Waals surface area contributed by atoms with E-state index in [1.807, 2.05) is 0 Å². The van der Waals surface area contributed by atoms with Gasteiger partial charge in [-0.15, -0.1) is 0 Å². The minimum atomic E-state index is 0.287. The molecule has 0 spiro atoms. The molecule has 0 saturated heterocycles. The summed E-state index contributed by atoms with van der Waals surface area (Å²) in [7, 11) is 4.93. The van der Waals surface area contributed by atoms with Crippen molar-refractivity contribution in [3.63, 3.8) is 0 Å². The zero-order chi connectivity index (χ0) is 14.6. The molecule has 0 aliphatic rings. The highest BCUT2D eigenvalue weighted by Gasteiger charge is 2.04. The van der Waals surface area contributed by atoms with Gasteiger partial charge in [-0.1, -0.05) is 0 Å². The summed E-state index contributed by atoms with van der Waals surface area (Å²) in [6, 6.07) is 0.287. The average Bonchev–Trinajstić information content (AvgIpc) is 2.49. The van der Waals surface area contributed by atoms with E-state index in [2.05, 4.69) is 25.6 Å². The van der Waals surface area contributed by atoms with Crippen molar-refractivity contribution >= 4 is 11.9 Å². The van der Waals surface area contributed by atoms with Gasteiger partial charge in [0.2, 0.25) is 11.9 Å². The number of nitrogens with one attached hydrogen (secondary N) is 2. The normalized spacial score (nSPS) is 10.3. The third-order valence-corrected chi connectivity index (χ3v) is 2.45. The summed E-state index contributed by atoms with van der Waals surface area (Å²) >= 11 is 0. The topological polar surface area (TPSA) is 90.4 Å². The number of anilines is 2. The van der Waals surface area contributed by atoms with Gasteiger partial charge in [-0.3, -0.25) is 0 Å². The Morgan fingerprint density at radius 3 is 2.45 bits per heavy atom. The van der Waals surface area contributed by atoms with E-state index in [-0.39, 0.29) is 6.01 Å². The molecule has 114 valence electrons. The van der Waals surface area contributed by atoms with Gasteiger partial charge in [0.15, 0.2) is 0 Å². The monoisotopic (exact) mass is 285 g/mol. The number of hydrogen-bond acceptors (Lipinski definition) is 8. The molecule has 0 bridgehead atoms. The molecule has 0 radical (unpaired) electrons. The van der Waals surface area contributed by atoms with Crippen LogP contribution in [0.2, 0.25) is 0 Å². The summed E-state index contributed by atoms with van der Waals surface area (Å²) in [6.45, 7) is 2.77. The molecule has 1 heterocycles. The lowest BCUT2D eigenvalue weighted by atomic mass is 10.3. The molecule has 1 aromatic heterocycles. The molecule has 0 saturated carbocycles. The predicted molar refractivity (Wildman–Crippen MR) is 76.3 cm³/mol. The summed E-state index contributed by atoms with van der Waals surface area (Å²) in [6.07, 6.45) is 1.94. The molecule has 8 nitrogen and oxygen atoms in total. The first kappa shape index (κ1) is 16.4. The fourth-order valence-electron chi connectivity index (χ4n) is 1.41. The van der Waals surface area contributed by atoms with Crippen molar-refractivity contribution < 1.29 is 14.2 Å². The molecule has 0 amide bonds. The molecule has 0 aliphatic heterocycles.